The fourth-order valence-corrected chi connectivity index (χ4v) is 5.89. The van der Waals surface area contributed by atoms with Crippen LogP contribution >= 0.6 is 34.9 Å². The summed E-state index contributed by atoms with van der Waals surface area (Å²) in [6, 6.07) is 3.60. The maximum atomic E-state index is 12.6. The lowest BCUT2D eigenvalue weighted by Crippen LogP contribution is -2.51. The summed E-state index contributed by atoms with van der Waals surface area (Å²) in [6.07, 6.45) is 0.355. The molecule has 3 heterocycles. The van der Waals surface area contributed by atoms with Gasteiger partial charge in [-0.25, -0.2) is 0 Å². The molecule has 21 heavy (non-hydrogen) atoms. The normalized spacial score (nSPS) is 23.4. The van der Waals surface area contributed by atoms with E-state index < -0.39 is 0 Å². The maximum absolute atomic E-state index is 12.6. The number of carbonyl (C=O) groups excluding carboxylic acids is 2. The number of amides is 1. The van der Waals surface area contributed by atoms with Crippen molar-refractivity contribution in [2.45, 2.75) is 17.0 Å². The molecule has 3 rings (SSSR count). The predicted molar refractivity (Wildman–Crippen MR) is 88.3 cm³/mol. The Balaban J connectivity index is 1.66. The van der Waals surface area contributed by atoms with Crippen LogP contribution in [0.4, 0.5) is 0 Å². The van der Waals surface area contributed by atoms with E-state index in [0.29, 0.717) is 26.2 Å². The molecule has 1 aromatic rings. The van der Waals surface area contributed by atoms with Gasteiger partial charge >= 0.3 is 0 Å². The van der Waals surface area contributed by atoms with Crippen LogP contribution in [0.15, 0.2) is 17.5 Å². The molecule has 0 N–H and O–H groups in total. The average molecular weight is 343 g/mol. The Labute approximate surface area is 136 Å². The molecule has 0 spiro atoms. The molecule has 0 aromatic carbocycles. The van der Waals surface area contributed by atoms with Gasteiger partial charge in [0.2, 0.25) is 5.91 Å². The van der Waals surface area contributed by atoms with E-state index in [9.17, 15) is 9.59 Å². The van der Waals surface area contributed by atoms with E-state index in [1.54, 1.807) is 23.5 Å². The molecule has 7 heteroatoms. The second-order valence-electron chi connectivity index (χ2n) is 4.94. The van der Waals surface area contributed by atoms with Gasteiger partial charge < -0.3 is 9.64 Å². The summed E-state index contributed by atoms with van der Waals surface area (Å²) in [5.41, 5.74) is 0. The van der Waals surface area contributed by atoms with Crippen molar-refractivity contribution in [2.24, 2.45) is 0 Å². The number of ketones is 1. The van der Waals surface area contributed by atoms with Gasteiger partial charge in [-0.3, -0.25) is 9.59 Å². The number of hydrogen-bond donors (Lipinski definition) is 0. The molecular formula is C14H17NO3S3. The molecule has 1 amide bonds. The molecule has 1 atom stereocenters. The number of hydrogen-bond acceptors (Lipinski definition) is 6. The summed E-state index contributed by atoms with van der Waals surface area (Å²) >= 11 is 4.87. The first-order valence-corrected chi connectivity index (χ1v) is 9.91. The third kappa shape index (κ3) is 3.64. The van der Waals surface area contributed by atoms with Gasteiger partial charge in [0.1, 0.15) is 4.58 Å². The van der Waals surface area contributed by atoms with Crippen LogP contribution in [0.25, 0.3) is 0 Å². The highest BCUT2D eigenvalue weighted by Crippen LogP contribution is 2.34. The van der Waals surface area contributed by atoms with Crippen molar-refractivity contribution in [1.29, 1.82) is 0 Å². The van der Waals surface area contributed by atoms with Crippen LogP contribution in [0, 0.1) is 0 Å². The van der Waals surface area contributed by atoms with Crippen molar-refractivity contribution < 1.29 is 14.3 Å². The summed E-state index contributed by atoms with van der Waals surface area (Å²) in [4.78, 5) is 27.5. The topological polar surface area (TPSA) is 46.6 Å². The maximum Gasteiger partial charge on any atom is 0.246 e. The zero-order valence-corrected chi connectivity index (χ0v) is 14.0. The first-order chi connectivity index (χ1) is 10.3. The molecule has 0 bridgehead atoms. The summed E-state index contributed by atoms with van der Waals surface area (Å²) in [6.45, 7) is 1.63. The van der Waals surface area contributed by atoms with Crippen molar-refractivity contribution in [1.82, 2.24) is 4.90 Å². The second-order valence-corrected chi connectivity index (χ2v) is 8.61. The van der Waals surface area contributed by atoms with E-state index in [2.05, 4.69) is 0 Å². The summed E-state index contributed by atoms with van der Waals surface area (Å²) < 4.78 is 5.49. The number of nitrogens with zero attached hydrogens (tertiary/aromatic N) is 1. The van der Waals surface area contributed by atoms with Crippen molar-refractivity contribution in [3.05, 3.63) is 22.4 Å². The predicted octanol–water partition coefficient (Wildman–Crippen LogP) is 2.35. The summed E-state index contributed by atoms with van der Waals surface area (Å²) in [5, 5.41) is 1.90. The van der Waals surface area contributed by atoms with Gasteiger partial charge in [0.25, 0.3) is 0 Å². The first-order valence-electron chi connectivity index (χ1n) is 6.94. The molecule has 2 aliphatic rings. The van der Waals surface area contributed by atoms with E-state index in [0.717, 1.165) is 16.4 Å². The number of thiophene rings is 1. The van der Waals surface area contributed by atoms with Crippen LogP contribution in [0.5, 0.6) is 0 Å². The van der Waals surface area contributed by atoms with Crippen LogP contribution in [0.2, 0.25) is 0 Å². The summed E-state index contributed by atoms with van der Waals surface area (Å²) in [7, 11) is 0. The number of ether oxygens (including phenoxy) is 1. The molecular weight excluding hydrogens is 326 g/mol. The molecule has 0 radical (unpaired) electrons. The number of morpholine rings is 1. The monoisotopic (exact) mass is 343 g/mol. The number of thioether (sulfide) groups is 2. The Hall–Kier alpha value is -0.500. The minimum absolute atomic E-state index is 0.00226. The van der Waals surface area contributed by atoms with Crippen molar-refractivity contribution in [3.63, 3.8) is 0 Å². The van der Waals surface area contributed by atoms with E-state index in [1.165, 1.54) is 11.3 Å². The first kappa shape index (κ1) is 15.4. The molecule has 2 fully saturated rings. The van der Waals surface area contributed by atoms with Crippen LogP contribution in [0.1, 0.15) is 16.1 Å². The van der Waals surface area contributed by atoms with Crippen molar-refractivity contribution in [3.8, 4) is 0 Å². The van der Waals surface area contributed by atoms with Crippen molar-refractivity contribution >= 4 is 46.6 Å². The Bertz CT molecular complexity index is 500. The van der Waals surface area contributed by atoms with Gasteiger partial charge in [0.15, 0.2) is 5.78 Å². The third-order valence-corrected chi connectivity index (χ3v) is 7.43. The van der Waals surface area contributed by atoms with Crippen LogP contribution < -0.4 is 0 Å². The Morgan fingerprint density at radius 3 is 2.86 bits per heavy atom. The zero-order chi connectivity index (χ0) is 14.7. The molecule has 0 aliphatic carbocycles. The fraction of sp³-hybridized carbons (Fsp3) is 0.571. The highest BCUT2D eigenvalue weighted by molar-refractivity contribution is 8.21. The van der Waals surface area contributed by atoms with E-state index >= 15 is 0 Å². The van der Waals surface area contributed by atoms with Crippen LogP contribution in [-0.4, -0.2) is 58.5 Å². The third-order valence-electron chi connectivity index (χ3n) is 3.55. The highest BCUT2D eigenvalue weighted by Gasteiger charge is 2.35. The van der Waals surface area contributed by atoms with Crippen LogP contribution in [-0.2, 0) is 9.53 Å². The summed E-state index contributed by atoms with van der Waals surface area (Å²) in [5.74, 6) is 2.33. The lowest BCUT2D eigenvalue weighted by atomic mass is 10.1. The zero-order valence-electron chi connectivity index (χ0n) is 11.5. The van der Waals surface area contributed by atoms with Gasteiger partial charge in [-0.05, 0) is 11.4 Å². The van der Waals surface area contributed by atoms with Gasteiger partial charge in [0, 0.05) is 24.5 Å². The molecule has 2 aliphatic heterocycles. The van der Waals surface area contributed by atoms with E-state index in [4.69, 9.17) is 4.74 Å². The van der Waals surface area contributed by atoms with E-state index in [1.807, 2.05) is 22.4 Å². The van der Waals surface area contributed by atoms with Crippen molar-refractivity contribution in [2.75, 3.05) is 31.3 Å². The minimum Gasteiger partial charge on any atom is -0.377 e. The lowest BCUT2D eigenvalue weighted by molar-refractivity contribution is -0.137. The smallest absolute Gasteiger partial charge is 0.246 e. The quantitative estimate of drug-likeness (QED) is 0.786. The van der Waals surface area contributed by atoms with Crippen LogP contribution in [0.3, 0.4) is 0 Å². The van der Waals surface area contributed by atoms with Gasteiger partial charge in [0.05, 0.1) is 24.1 Å². The standard InChI is InChI=1S/C14H17NO3S3/c16-11(12-2-1-5-19-12)8-10-9-18-4-3-15(10)13(17)14-20-6-7-21-14/h1-2,5,10,14H,3-4,6-9H2/t10-/m1/s1. The Morgan fingerprint density at radius 1 is 1.33 bits per heavy atom. The minimum atomic E-state index is -0.123. The molecule has 1 aromatic heterocycles. The largest absolute Gasteiger partial charge is 0.377 e. The molecule has 4 nitrogen and oxygen atoms in total. The Morgan fingerprint density at radius 2 is 2.14 bits per heavy atom. The average Bonchev–Trinajstić information content (AvgIpc) is 3.20. The highest BCUT2D eigenvalue weighted by atomic mass is 32.2. The fourth-order valence-electron chi connectivity index (χ4n) is 2.50. The molecule has 0 unspecified atom stereocenters. The molecule has 0 saturated carbocycles. The Kier molecular flexibility index (Phi) is 5.26. The van der Waals surface area contributed by atoms with Gasteiger partial charge in [-0.15, -0.1) is 34.9 Å². The number of carbonyl (C=O) groups is 2. The molecule has 114 valence electrons. The van der Waals surface area contributed by atoms with Gasteiger partial charge in [-0.2, -0.15) is 0 Å². The SMILES string of the molecule is O=C(C[C@@H]1COCCN1C(=O)C1SCCS1)c1cccs1. The van der Waals surface area contributed by atoms with Gasteiger partial charge in [-0.1, -0.05) is 6.07 Å². The second kappa shape index (κ2) is 7.17. The number of rotatable bonds is 4. The lowest BCUT2D eigenvalue weighted by Gasteiger charge is -2.36. The number of Topliss-reactive ketones (excluding diaryl/α,β-unsaturated/α-hetero) is 1. The van der Waals surface area contributed by atoms with E-state index in [-0.39, 0.29) is 22.3 Å². The molecule has 2 saturated heterocycles.